The number of likely N-dealkylation sites (N-methyl/N-ethyl adjacent to an activating group) is 1. The Balaban J connectivity index is 1.71. The lowest BCUT2D eigenvalue weighted by Gasteiger charge is -2.43. The Morgan fingerprint density at radius 2 is 1.75 bits per heavy atom. The molecule has 0 aliphatic carbocycles. The van der Waals surface area contributed by atoms with E-state index in [1.807, 2.05) is 43.9 Å². The zero-order chi connectivity index (χ0) is 20.3. The van der Waals surface area contributed by atoms with Crippen molar-refractivity contribution in [1.29, 1.82) is 0 Å². The largest absolute Gasteiger partial charge is 0.444 e. The Morgan fingerprint density at radius 3 is 2.43 bits per heavy atom. The standard InChI is InChI=1S/C22H33N3O3/c1-22(2,3)28-21(27)24-12-8-11-18(15-24)20(26)25-14-13-23(4)16-19(25)17-9-6-5-7-10-17/h5-7,9-10,18-19H,8,11-16H2,1-4H3/t18-,19+/m1/s1. The van der Waals surface area contributed by atoms with Gasteiger partial charge in [0.25, 0.3) is 0 Å². The van der Waals surface area contributed by atoms with E-state index in [1.165, 1.54) is 5.56 Å². The third-order valence-electron chi connectivity index (χ3n) is 5.47. The Hall–Kier alpha value is -2.08. The molecule has 0 radical (unpaired) electrons. The van der Waals surface area contributed by atoms with E-state index in [0.717, 1.165) is 32.5 Å². The molecule has 3 rings (SSSR count). The zero-order valence-electron chi connectivity index (χ0n) is 17.6. The average Bonchev–Trinajstić information content (AvgIpc) is 2.67. The maximum Gasteiger partial charge on any atom is 0.410 e. The topological polar surface area (TPSA) is 53.1 Å². The number of amides is 2. The van der Waals surface area contributed by atoms with E-state index in [0.29, 0.717) is 13.1 Å². The summed E-state index contributed by atoms with van der Waals surface area (Å²) in [5, 5.41) is 0. The predicted octanol–water partition coefficient (Wildman–Crippen LogP) is 3.15. The van der Waals surface area contributed by atoms with E-state index in [1.54, 1.807) is 4.90 Å². The minimum absolute atomic E-state index is 0.0596. The summed E-state index contributed by atoms with van der Waals surface area (Å²) < 4.78 is 5.51. The summed E-state index contributed by atoms with van der Waals surface area (Å²) in [4.78, 5) is 31.9. The molecule has 2 amide bonds. The van der Waals surface area contributed by atoms with E-state index >= 15 is 0 Å². The smallest absolute Gasteiger partial charge is 0.410 e. The van der Waals surface area contributed by atoms with E-state index in [4.69, 9.17) is 4.74 Å². The van der Waals surface area contributed by atoms with Gasteiger partial charge in [-0.2, -0.15) is 0 Å². The molecule has 0 spiro atoms. The second kappa shape index (κ2) is 8.52. The van der Waals surface area contributed by atoms with E-state index in [-0.39, 0.29) is 24.0 Å². The maximum atomic E-state index is 13.4. The van der Waals surface area contributed by atoms with Crippen LogP contribution in [0, 0.1) is 5.92 Å². The number of likely N-dealkylation sites (tertiary alicyclic amines) is 1. The lowest BCUT2D eigenvalue weighted by molar-refractivity contribution is -0.142. The Morgan fingerprint density at radius 1 is 1.04 bits per heavy atom. The first-order valence-electron chi connectivity index (χ1n) is 10.3. The van der Waals surface area contributed by atoms with Crippen LogP contribution in [0.1, 0.15) is 45.2 Å². The van der Waals surface area contributed by atoms with Crippen molar-refractivity contribution in [3.05, 3.63) is 35.9 Å². The molecule has 28 heavy (non-hydrogen) atoms. The van der Waals surface area contributed by atoms with Gasteiger partial charge >= 0.3 is 6.09 Å². The molecule has 2 aliphatic heterocycles. The van der Waals surface area contributed by atoms with Gasteiger partial charge in [0, 0.05) is 32.7 Å². The third-order valence-corrected chi connectivity index (χ3v) is 5.47. The number of carbonyl (C=O) groups excluding carboxylic acids is 2. The van der Waals surface area contributed by atoms with Gasteiger partial charge in [0.05, 0.1) is 12.0 Å². The summed E-state index contributed by atoms with van der Waals surface area (Å²) in [5.41, 5.74) is 0.645. The SMILES string of the molecule is CN1CCN(C(=O)[C@@H]2CCCN(C(=O)OC(C)(C)C)C2)[C@H](c2ccccc2)C1. The molecule has 0 aromatic heterocycles. The van der Waals surface area contributed by atoms with Crippen LogP contribution in [0.5, 0.6) is 0 Å². The summed E-state index contributed by atoms with van der Waals surface area (Å²) in [7, 11) is 2.10. The first-order chi connectivity index (χ1) is 13.2. The third kappa shape index (κ3) is 5.04. The number of rotatable bonds is 2. The van der Waals surface area contributed by atoms with Gasteiger partial charge in [-0.1, -0.05) is 30.3 Å². The minimum atomic E-state index is -0.524. The van der Waals surface area contributed by atoms with Crippen LogP contribution in [0.25, 0.3) is 0 Å². The molecule has 1 aromatic rings. The number of hydrogen-bond donors (Lipinski definition) is 0. The lowest BCUT2D eigenvalue weighted by atomic mass is 9.94. The van der Waals surface area contributed by atoms with Gasteiger partial charge in [0.15, 0.2) is 0 Å². The lowest BCUT2D eigenvalue weighted by Crippen LogP contribution is -2.53. The molecule has 0 unspecified atom stereocenters. The van der Waals surface area contributed by atoms with Gasteiger partial charge in [-0.3, -0.25) is 4.79 Å². The molecule has 0 N–H and O–H groups in total. The molecule has 1 aromatic carbocycles. The molecule has 6 heteroatoms. The zero-order valence-corrected chi connectivity index (χ0v) is 17.6. The van der Waals surface area contributed by atoms with Crippen LogP contribution in [-0.4, -0.2) is 72.1 Å². The first kappa shape index (κ1) is 20.6. The van der Waals surface area contributed by atoms with Crippen molar-refractivity contribution < 1.29 is 14.3 Å². The van der Waals surface area contributed by atoms with Crippen molar-refractivity contribution in [2.75, 3.05) is 39.8 Å². The Kier molecular flexibility index (Phi) is 6.28. The summed E-state index contributed by atoms with van der Waals surface area (Å²) in [6.07, 6.45) is 1.34. The van der Waals surface area contributed by atoms with Crippen LogP contribution in [-0.2, 0) is 9.53 Å². The quantitative estimate of drug-likeness (QED) is 0.782. The number of carbonyl (C=O) groups is 2. The van der Waals surface area contributed by atoms with Gasteiger partial charge < -0.3 is 19.4 Å². The van der Waals surface area contributed by atoms with Gasteiger partial charge in [-0.15, -0.1) is 0 Å². The van der Waals surface area contributed by atoms with Crippen molar-refractivity contribution in [3.63, 3.8) is 0 Å². The molecule has 2 saturated heterocycles. The van der Waals surface area contributed by atoms with Crippen molar-refractivity contribution in [3.8, 4) is 0 Å². The molecular formula is C22H33N3O3. The van der Waals surface area contributed by atoms with Crippen molar-refractivity contribution >= 4 is 12.0 Å². The van der Waals surface area contributed by atoms with Crippen LogP contribution in [0.2, 0.25) is 0 Å². The monoisotopic (exact) mass is 387 g/mol. The molecule has 0 bridgehead atoms. The van der Waals surface area contributed by atoms with Gasteiger partial charge in [-0.05, 0) is 46.2 Å². The first-order valence-corrected chi connectivity index (χ1v) is 10.3. The highest BCUT2D eigenvalue weighted by Crippen LogP contribution is 2.29. The summed E-state index contributed by atoms with van der Waals surface area (Å²) in [6, 6.07) is 10.3. The van der Waals surface area contributed by atoms with Gasteiger partial charge in [0.2, 0.25) is 5.91 Å². The van der Waals surface area contributed by atoms with E-state index in [9.17, 15) is 9.59 Å². The molecular weight excluding hydrogens is 354 g/mol. The average molecular weight is 388 g/mol. The predicted molar refractivity (Wildman–Crippen MR) is 109 cm³/mol. The highest BCUT2D eigenvalue weighted by Gasteiger charge is 2.37. The van der Waals surface area contributed by atoms with E-state index in [2.05, 4.69) is 24.1 Å². The van der Waals surface area contributed by atoms with E-state index < -0.39 is 5.60 Å². The second-order valence-electron chi connectivity index (χ2n) is 8.99. The molecule has 2 heterocycles. The fourth-order valence-electron chi connectivity index (χ4n) is 4.05. The number of benzene rings is 1. The highest BCUT2D eigenvalue weighted by atomic mass is 16.6. The number of piperazine rings is 1. The van der Waals surface area contributed by atoms with Crippen LogP contribution in [0.3, 0.4) is 0 Å². The summed E-state index contributed by atoms with van der Waals surface area (Å²) in [6.45, 7) is 9.13. The maximum absolute atomic E-state index is 13.4. The molecule has 154 valence electrons. The molecule has 2 atom stereocenters. The molecule has 6 nitrogen and oxygen atoms in total. The molecule has 0 saturated carbocycles. The number of nitrogens with zero attached hydrogens (tertiary/aromatic N) is 3. The van der Waals surface area contributed by atoms with Crippen LogP contribution in [0.15, 0.2) is 30.3 Å². The van der Waals surface area contributed by atoms with Crippen molar-refractivity contribution in [2.24, 2.45) is 5.92 Å². The van der Waals surface area contributed by atoms with Crippen LogP contribution >= 0.6 is 0 Å². The Bertz CT molecular complexity index is 686. The van der Waals surface area contributed by atoms with Crippen molar-refractivity contribution in [1.82, 2.24) is 14.7 Å². The minimum Gasteiger partial charge on any atom is -0.444 e. The second-order valence-corrected chi connectivity index (χ2v) is 8.99. The fourth-order valence-corrected chi connectivity index (χ4v) is 4.05. The molecule has 2 fully saturated rings. The van der Waals surface area contributed by atoms with Crippen molar-refractivity contribution in [2.45, 2.75) is 45.3 Å². The number of hydrogen-bond acceptors (Lipinski definition) is 4. The van der Waals surface area contributed by atoms with Gasteiger partial charge in [-0.25, -0.2) is 4.79 Å². The normalized spacial score (nSPS) is 24.1. The van der Waals surface area contributed by atoms with Crippen LogP contribution in [0.4, 0.5) is 4.79 Å². The summed E-state index contributed by atoms with van der Waals surface area (Å²) >= 11 is 0. The van der Waals surface area contributed by atoms with Crippen LogP contribution < -0.4 is 0 Å². The van der Waals surface area contributed by atoms with Gasteiger partial charge in [0.1, 0.15) is 5.60 Å². The fraction of sp³-hybridized carbons (Fsp3) is 0.636. The molecule has 2 aliphatic rings. The number of piperidine rings is 1. The number of ether oxygens (including phenoxy) is 1. The Labute approximate surface area is 168 Å². The summed E-state index contributed by atoms with van der Waals surface area (Å²) in [5.74, 6) is 0.00565. The highest BCUT2D eigenvalue weighted by molar-refractivity contribution is 5.81.